The lowest BCUT2D eigenvalue weighted by molar-refractivity contribution is -0.124. The predicted octanol–water partition coefficient (Wildman–Crippen LogP) is 1.60. The van der Waals surface area contributed by atoms with Gasteiger partial charge in [0.1, 0.15) is 5.78 Å². The van der Waals surface area contributed by atoms with Gasteiger partial charge in [0.2, 0.25) is 0 Å². The van der Waals surface area contributed by atoms with Crippen molar-refractivity contribution in [2.75, 3.05) is 5.32 Å². The lowest BCUT2D eigenvalue weighted by Crippen LogP contribution is -2.36. The summed E-state index contributed by atoms with van der Waals surface area (Å²) >= 11 is 0. The van der Waals surface area contributed by atoms with Crippen LogP contribution >= 0.6 is 0 Å². The molecule has 1 atom stereocenters. The number of fused-ring (bicyclic) bond motifs is 1. The molecule has 1 amide bonds. The van der Waals surface area contributed by atoms with Gasteiger partial charge in [0, 0.05) is 24.1 Å². The summed E-state index contributed by atoms with van der Waals surface area (Å²) in [6.45, 7) is 3.86. The number of anilines is 1. The fourth-order valence-electron chi connectivity index (χ4n) is 2.91. The molecule has 110 valence electrons. The van der Waals surface area contributed by atoms with Crippen LogP contribution in [-0.2, 0) is 4.79 Å². The molecule has 1 saturated carbocycles. The van der Waals surface area contributed by atoms with E-state index in [1.165, 1.54) is 6.20 Å². The highest BCUT2D eigenvalue weighted by Crippen LogP contribution is 2.37. The number of hydrogen-bond donors (Lipinski definition) is 2. The van der Waals surface area contributed by atoms with Gasteiger partial charge in [0.15, 0.2) is 0 Å². The molecule has 3 rings (SSSR count). The number of nitrogens with one attached hydrogen (secondary N) is 1. The van der Waals surface area contributed by atoms with E-state index in [1.807, 2.05) is 26.0 Å². The van der Waals surface area contributed by atoms with Crippen LogP contribution < -0.4 is 11.1 Å². The summed E-state index contributed by atoms with van der Waals surface area (Å²) in [7, 11) is 0. The summed E-state index contributed by atoms with van der Waals surface area (Å²) in [4.78, 5) is 23.6. The maximum atomic E-state index is 12.0. The van der Waals surface area contributed by atoms with E-state index in [2.05, 4.69) is 10.4 Å². The summed E-state index contributed by atoms with van der Waals surface area (Å²) in [6.07, 6.45) is 4.57. The van der Waals surface area contributed by atoms with E-state index >= 15 is 0 Å². The van der Waals surface area contributed by atoms with Crippen LogP contribution in [0.15, 0.2) is 24.5 Å². The molecule has 0 bridgehead atoms. The van der Waals surface area contributed by atoms with Crippen LogP contribution in [0.4, 0.5) is 5.69 Å². The van der Waals surface area contributed by atoms with Gasteiger partial charge in [-0.05, 0) is 18.6 Å². The number of amides is 1. The minimum Gasteiger partial charge on any atom is -0.379 e. The molecule has 0 radical (unpaired) electrons. The first-order valence-corrected chi connectivity index (χ1v) is 6.97. The number of carbonyl (C=O) groups is 2. The summed E-state index contributed by atoms with van der Waals surface area (Å²) in [6, 6.07) is 3.69. The first-order chi connectivity index (χ1) is 9.91. The van der Waals surface area contributed by atoms with Crippen molar-refractivity contribution in [3.63, 3.8) is 0 Å². The number of nitrogens with two attached hydrogens (primary N) is 1. The Morgan fingerprint density at radius 3 is 2.90 bits per heavy atom. The lowest BCUT2D eigenvalue weighted by atomic mass is 9.86. The third-order valence-corrected chi connectivity index (χ3v) is 4.40. The highest BCUT2D eigenvalue weighted by atomic mass is 16.1. The zero-order valence-electron chi connectivity index (χ0n) is 12.1. The Bertz CT molecular complexity index is 732. The summed E-state index contributed by atoms with van der Waals surface area (Å²) in [5.74, 6) is -0.295. The Hall–Kier alpha value is -2.37. The van der Waals surface area contributed by atoms with Gasteiger partial charge in [0.25, 0.3) is 5.91 Å². The highest BCUT2D eigenvalue weighted by Gasteiger charge is 2.42. The number of Topliss-reactive ketones (excluding diaryl/α,β-unsaturated/α-hetero) is 1. The maximum Gasteiger partial charge on any atom is 0.252 e. The predicted molar refractivity (Wildman–Crippen MR) is 79.1 cm³/mol. The van der Waals surface area contributed by atoms with Crippen molar-refractivity contribution in [3.8, 4) is 0 Å². The molecule has 0 saturated heterocycles. The van der Waals surface area contributed by atoms with Crippen molar-refractivity contribution in [3.05, 3.63) is 30.1 Å². The Balaban J connectivity index is 2.07. The molecule has 6 heteroatoms. The van der Waals surface area contributed by atoms with Gasteiger partial charge in [0.05, 0.1) is 23.0 Å². The zero-order chi connectivity index (χ0) is 15.2. The van der Waals surface area contributed by atoms with E-state index in [1.54, 1.807) is 10.7 Å². The molecule has 2 aromatic rings. The van der Waals surface area contributed by atoms with Crippen molar-refractivity contribution in [2.24, 2.45) is 11.1 Å². The first kappa shape index (κ1) is 13.6. The van der Waals surface area contributed by atoms with Crippen molar-refractivity contribution in [2.45, 2.75) is 32.7 Å². The smallest absolute Gasteiger partial charge is 0.252 e. The molecule has 3 N–H and O–H groups in total. The molecule has 0 aliphatic heterocycles. The average molecular weight is 286 g/mol. The van der Waals surface area contributed by atoms with Crippen LogP contribution in [0.25, 0.3) is 5.52 Å². The van der Waals surface area contributed by atoms with E-state index < -0.39 is 11.3 Å². The second-order valence-electron chi connectivity index (χ2n) is 6.02. The number of rotatable bonds is 3. The highest BCUT2D eigenvalue weighted by molar-refractivity contribution is 6.02. The monoisotopic (exact) mass is 286 g/mol. The largest absolute Gasteiger partial charge is 0.379 e. The molecule has 0 aromatic carbocycles. The van der Waals surface area contributed by atoms with Crippen molar-refractivity contribution in [1.29, 1.82) is 0 Å². The summed E-state index contributed by atoms with van der Waals surface area (Å²) in [5, 5.41) is 7.52. The summed E-state index contributed by atoms with van der Waals surface area (Å²) in [5.41, 5.74) is 6.76. The van der Waals surface area contributed by atoms with Crippen LogP contribution in [0.2, 0.25) is 0 Å². The molecular weight excluding hydrogens is 268 g/mol. The Labute approximate surface area is 122 Å². The van der Waals surface area contributed by atoms with Crippen molar-refractivity contribution in [1.82, 2.24) is 9.61 Å². The van der Waals surface area contributed by atoms with Crippen LogP contribution in [0.3, 0.4) is 0 Å². The maximum absolute atomic E-state index is 12.0. The van der Waals surface area contributed by atoms with E-state index in [0.717, 1.165) is 11.9 Å². The minimum atomic E-state index is -0.532. The fraction of sp³-hybridized carbons (Fsp3) is 0.400. The van der Waals surface area contributed by atoms with Crippen LogP contribution in [0.5, 0.6) is 0 Å². The van der Waals surface area contributed by atoms with Gasteiger partial charge in [-0.15, -0.1) is 0 Å². The molecule has 6 nitrogen and oxygen atoms in total. The molecule has 1 fully saturated rings. The first-order valence-electron chi connectivity index (χ1n) is 6.97. The Kier molecular flexibility index (Phi) is 2.97. The average Bonchev–Trinajstić information content (AvgIpc) is 2.98. The van der Waals surface area contributed by atoms with E-state index in [-0.39, 0.29) is 11.8 Å². The van der Waals surface area contributed by atoms with Gasteiger partial charge >= 0.3 is 0 Å². The SMILES string of the molecule is CC1(C)C(=O)CCC1Nc1c(C(N)=O)cnn2cccc12. The van der Waals surface area contributed by atoms with Crippen molar-refractivity contribution >= 4 is 22.9 Å². The number of ketones is 1. The normalized spacial score (nSPS) is 20.9. The van der Waals surface area contributed by atoms with Gasteiger partial charge < -0.3 is 11.1 Å². The molecule has 1 aliphatic rings. The van der Waals surface area contributed by atoms with Crippen LogP contribution in [0, 0.1) is 5.41 Å². The zero-order valence-corrected chi connectivity index (χ0v) is 12.1. The number of aromatic nitrogens is 2. The molecule has 0 spiro atoms. The molecule has 2 heterocycles. The van der Waals surface area contributed by atoms with Gasteiger partial charge in [-0.2, -0.15) is 5.10 Å². The van der Waals surface area contributed by atoms with Gasteiger partial charge in [-0.25, -0.2) is 4.52 Å². The molecule has 1 unspecified atom stereocenters. The van der Waals surface area contributed by atoms with E-state index in [4.69, 9.17) is 5.73 Å². The molecule has 21 heavy (non-hydrogen) atoms. The molecular formula is C15H18N4O2. The van der Waals surface area contributed by atoms with Gasteiger partial charge in [-0.3, -0.25) is 9.59 Å². The summed E-state index contributed by atoms with van der Waals surface area (Å²) < 4.78 is 1.68. The minimum absolute atomic E-state index is 0.0239. The fourth-order valence-corrected chi connectivity index (χ4v) is 2.91. The Morgan fingerprint density at radius 1 is 1.52 bits per heavy atom. The number of carbonyl (C=O) groups excluding carboxylic acids is 2. The number of hydrogen-bond acceptors (Lipinski definition) is 4. The molecule has 1 aliphatic carbocycles. The standard InChI is InChI=1S/C15H18N4O2/c1-15(2)11(5-6-12(15)20)18-13-9(14(16)21)8-17-19-7-3-4-10(13)19/h3-4,7-8,11,18H,5-6H2,1-2H3,(H2,16,21). The number of nitrogens with zero attached hydrogens (tertiary/aromatic N) is 2. The van der Waals surface area contributed by atoms with E-state index in [9.17, 15) is 9.59 Å². The van der Waals surface area contributed by atoms with Crippen molar-refractivity contribution < 1.29 is 9.59 Å². The van der Waals surface area contributed by atoms with E-state index in [0.29, 0.717) is 17.7 Å². The quantitative estimate of drug-likeness (QED) is 0.897. The second-order valence-corrected chi connectivity index (χ2v) is 6.02. The van der Waals surface area contributed by atoms with Crippen LogP contribution in [0.1, 0.15) is 37.0 Å². The Morgan fingerprint density at radius 2 is 2.29 bits per heavy atom. The van der Waals surface area contributed by atoms with Gasteiger partial charge in [-0.1, -0.05) is 13.8 Å². The van der Waals surface area contributed by atoms with Crippen LogP contribution in [-0.4, -0.2) is 27.3 Å². The third-order valence-electron chi connectivity index (χ3n) is 4.40. The third kappa shape index (κ3) is 2.07. The second kappa shape index (κ2) is 4.58. The topological polar surface area (TPSA) is 89.5 Å². The number of primary amides is 1. The lowest BCUT2D eigenvalue weighted by Gasteiger charge is -2.28. The molecule has 2 aromatic heterocycles.